The minimum Gasteiger partial charge on any atom is -0.495 e. The average Bonchev–Trinajstić information content (AvgIpc) is 2.75. The van der Waals surface area contributed by atoms with E-state index in [9.17, 15) is 23.3 Å². The van der Waals surface area contributed by atoms with E-state index >= 15 is 0 Å². The lowest BCUT2D eigenvalue weighted by Crippen LogP contribution is -2.42. The fraction of sp³-hybridized carbons (Fsp3) is 0.381. The molecule has 2 aromatic carbocycles. The number of aryl methyl sites for hydroxylation is 1. The first-order valence-electron chi connectivity index (χ1n) is 9.87. The lowest BCUT2D eigenvalue weighted by atomic mass is 9.97. The summed E-state index contributed by atoms with van der Waals surface area (Å²) in [7, 11) is -2.07. The Labute approximate surface area is 181 Å². The van der Waals surface area contributed by atoms with E-state index in [-0.39, 0.29) is 36.1 Å². The van der Waals surface area contributed by atoms with Crippen LogP contribution in [0.3, 0.4) is 0 Å². The van der Waals surface area contributed by atoms with Gasteiger partial charge in [0.2, 0.25) is 15.9 Å². The van der Waals surface area contributed by atoms with Crippen molar-refractivity contribution in [1.82, 2.24) is 4.31 Å². The highest BCUT2D eigenvalue weighted by Crippen LogP contribution is 2.30. The van der Waals surface area contributed by atoms with Gasteiger partial charge in [-0.2, -0.15) is 0 Å². The maximum atomic E-state index is 12.8. The van der Waals surface area contributed by atoms with Crippen LogP contribution in [-0.4, -0.2) is 43.8 Å². The normalized spacial score (nSPS) is 15.4. The van der Waals surface area contributed by atoms with E-state index < -0.39 is 20.9 Å². The van der Waals surface area contributed by atoms with Crippen molar-refractivity contribution >= 4 is 27.3 Å². The minimum atomic E-state index is -3.49. The molecule has 0 bridgehead atoms. The molecule has 31 heavy (non-hydrogen) atoms. The van der Waals surface area contributed by atoms with Crippen LogP contribution < -0.4 is 10.1 Å². The number of nitrogens with one attached hydrogen (secondary N) is 1. The van der Waals surface area contributed by atoms with Gasteiger partial charge in [-0.1, -0.05) is 24.3 Å². The number of sulfonamides is 1. The first-order valence-corrected chi connectivity index (χ1v) is 11.5. The number of nitro benzene ring substituents is 1. The van der Waals surface area contributed by atoms with E-state index in [1.165, 1.54) is 29.6 Å². The fourth-order valence-corrected chi connectivity index (χ4v) is 5.26. The molecule has 1 aliphatic rings. The number of methoxy groups -OCH3 is 1. The van der Waals surface area contributed by atoms with E-state index in [2.05, 4.69) is 5.32 Å². The zero-order valence-corrected chi connectivity index (χ0v) is 18.2. The van der Waals surface area contributed by atoms with Crippen molar-refractivity contribution in [2.75, 3.05) is 25.5 Å². The number of amides is 1. The third-order valence-electron chi connectivity index (χ3n) is 5.47. The Hall–Kier alpha value is -2.98. The van der Waals surface area contributed by atoms with Crippen molar-refractivity contribution in [2.24, 2.45) is 5.92 Å². The molecular formula is C21H25N3O6S. The van der Waals surface area contributed by atoms with Crippen LogP contribution in [0.1, 0.15) is 24.0 Å². The third-order valence-corrected chi connectivity index (χ3v) is 7.30. The summed E-state index contributed by atoms with van der Waals surface area (Å²) in [6.45, 7) is 2.38. The second-order valence-corrected chi connectivity index (χ2v) is 9.46. The van der Waals surface area contributed by atoms with Gasteiger partial charge < -0.3 is 10.1 Å². The third kappa shape index (κ3) is 5.39. The van der Waals surface area contributed by atoms with Gasteiger partial charge in [-0.05, 0) is 37.0 Å². The SMILES string of the molecule is COc1ccc([N+](=O)[O-])cc1NC(=O)C1CCN(S(=O)(=O)Cc2ccccc2C)CC1. The van der Waals surface area contributed by atoms with Gasteiger partial charge in [0.25, 0.3) is 5.69 Å². The monoisotopic (exact) mass is 447 g/mol. The molecule has 0 aliphatic carbocycles. The van der Waals surface area contributed by atoms with Gasteiger partial charge in [-0.3, -0.25) is 14.9 Å². The Balaban J connectivity index is 1.63. The van der Waals surface area contributed by atoms with E-state index in [0.29, 0.717) is 18.6 Å². The number of nitrogens with zero attached hydrogens (tertiary/aromatic N) is 2. The van der Waals surface area contributed by atoms with Gasteiger partial charge in [0.15, 0.2) is 0 Å². The number of non-ortho nitro benzene ring substituents is 1. The predicted molar refractivity (Wildman–Crippen MR) is 116 cm³/mol. The van der Waals surface area contributed by atoms with E-state index in [1.54, 1.807) is 6.07 Å². The second kappa shape index (κ2) is 9.44. The Bertz CT molecular complexity index is 1080. The van der Waals surface area contributed by atoms with E-state index in [4.69, 9.17) is 4.74 Å². The molecule has 1 saturated heterocycles. The van der Waals surface area contributed by atoms with Crippen LogP contribution in [0.4, 0.5) is 11.4 Å². The fourth-order valence-electron chi connectivity index (χ4n) is 3.60. The molecule has 0 spiro atoms. The molecule has 0 saturated carbocycles. The zero-order valence-electron chi connectivity index (χ0n) is 17.4. The average molecular weight is 448 g/mol. The molecular weight excluding hydrogens is 422 g/mol. The predicted octanol–water partition coefficient (Wildman–Crippen LogP) is 3.09. The van der Waals surface area contributed by atoms with Gasteiger partial charge in [-0.15, -0.1) is 0 Å². The topological polar surface area (TPSA) is 119 Å². The van der Waals surface area contributed by atoms with Gasteiger partial charge in [-0.25, -0.2) is 12.7 Å². The molecule has 166 valence electrons. The molecule has 1 N–H and O–H groups in total. The van der Waals surface area contributed by atoms with Gasteiger partial charge >= 0.3 is 0 Å². The molecule has 0 aromatic heterocycles. The molecule has 2 aromatic rings. The van der Waals surface area contributed by atoms with E-state index in [1.807, 2.05) is 25.1 Å². The molecule has 1 aliphatic heterocycles. The number of ether oxygens (including phenoxy) is 1. The summed E-state index contributed by atoms with van der Waals surface area (Å²) in [6.07, 6.45) is 0.742. The molecule has 1 amide bonds. The summed E-state index contributed by atoms with van der Waals surface area (Å²) in [5, 5.41) is 13.7. The number of hydrogen-bond donors (Lipinski definition) is 1. The van der Waals surface area contributed by atoms with Crippen LogP contribution >= 0.6 is 0 Å². The molecule has 3 rings (SSSR count). The maximum absolute atomic E-state index is 12.8. The number of piperidine rings is 1. The molecule has 1 fully saturated rings. The van der Waals surface area contributed by atoms with Crippen LogP contribution in [0.15, 0.2) is 42.5 Å². The number of anilines is 1. The molecule has 0 unspecified atom stereocenters. The Morgan fingerprint density at radius 3 is 2.52 bits per heavy atom. The summed E-state index contributed by atoms with van der Waals surface area (Å²) in [5.41, 5.74) is 1.75. The van der Waals surface area contributed by atoms with Crippen molar-refractivity contribution in [3.8, 4) is 5.75 Å². The van der Waals surface area contributed by atoms with Gasteiger partial charge in [0, 0.05) is 31.1 Å². The van der Waals surface area contributed by atoms with Crippen LogP contribution in [0.25, 0.3) is 0 Å². The lowest BCUT2D eigenvalue weighted by molar-refractivity contribution is -0.384. The van der Waals surface area contributed by atoms with Crippen LogP contribution in [0, 0.1) is 23.0 Å². The van der Waals surface area contributed by atoms with Crippen LogP contribution in [0.5, 0.6) is 5.75 Å². The van der Waals surface area contributed by atoms with Crippen LogP contribution in [-0.2, 0) is 20.6 Å². The Kier molecular flexibility index (Phi) is 6.91. The first-order chi connectivity index (χ1) is 14.7. The summed E-state index contributed by atoms with van der Waals surface area (Å²) in [6, 6.07) is 11.3. The highest BCUT2D eigenvalue weighted by Gasteiger charge is 2.31. The molecule has 9 nitrogen and oxygen atoms in total. The quantitative estimate of drug-likeness (QED) is 0.515. The number of carbonyl (C=O) groups is 1. The van der Waals surface area contributed by atoms with Crippen LogP contribution in [0.2, 0.25) is 0 Å². The summed E-state index contributed by atoms with van der Waals surface area (Å²) >= 11 is 0. The first kappa shape index (κ1) is 22.7. The minimum absolute atomic E-state index is 0.0680. The van der Waals surface area contributed by atoms with Gasteiger partial charge in [0.1, 0.15) is 5.75 Å². The molecule has 0 radical (unpaired) electrons. The smallest absolute Gasteiger partial charge is 0.271 e. The van der Waals surface area contributed by atoms with E-state index in [0.717, 1.165) is 11.1 Å². The number of nitro groups is 1. The number of rotatable bonds is 7. The summed E-state index contributed by atoms with van der Waals surface area (Å²) in [4.78, 5) is 23.2. The highest BCUT2D eigenvalue weighted by atomic mass is 32.2. The molecule has 10 heteroatoms. The van der Waals surface area contributed by atoms with Crippen molar-refractivity contribution in [1.29, 1.82) is 0 Å². The largest absolute Gasteiger partial charge is 0.495 e. The zero-order chi connectivity index (χ0) is 22.6. The standard InChI is InChI=1S/C21H25N3O6S/c1-15-5-3-4-6-17(15)14-31(28,29)23-11-9-16(10-12-23)21(25)22-19-13-18(24(26)27)7-8-20(19)30-2/h3-8,13,16H,9-12,14H2,1-2H3,(H,22,25). The van der Waals surface area contributed by atoms with Gasteiger partial charge in [0.05, 0.1) is 23.5 Å². The molecule has 1 heterocycles. The number of carbonyl (C=O) groups excluding carboxylic acids is 1. The number of hydrogen-bond acceptors (Lipinski definition) is 6. The lowest BCUT2D eigenvalue weighted by Gasteiger charge is -2.30. The highest BCUT2D eigenvalue weighted by molar-refractivity contribution is 7.88. The van der Waals surface area contributed by atoms with Crippen molar-refractivity contribution in [3.63, 3.8) is 0 Å². The van der Waals surface area contributed by atoms with Crippen molar-refractivity contribution in [3.05, 3.63) is 63.7 Å². The Morgan fingerprint density at radius 2 is 1.90 bits per heavy atom. The summed E-state index contributed by atoms with van der Waals surface area (Å²) < 4.78 is 32.2. The van der Waals surface area contributed by atoms with Crippen molar-refractivity contribution < 1.29 is 22.9 Å². The Morgan fingerprint density at radius 1 is 1.23 bits per heavy atom. The summed E-state index contributed by atoms with van der Waals surface area (Å²) in [5.74, 6) is -0.456. The maximum Gasteiger partial charge on any atom is 0.271 e. The van der Waals surface area contributed by atoms with Crippen molar-refractivity contribution in [2.45, 2.75) is 25.5 Å². The number of benzene rings is 2. The molecule has 0 atom stereocenters. The second-order valence-electron chi connectivity index (χ2n) is 7.49.